The number of esters is 1. The fourth-order valence-corrected chi connectivity index (χ4v) is 3.74. The highest BCUT2D eigenvalue weighted by Gasteiger charge is 2.14. The summed E-state index contributed by atoms with van der Waals surface area (Å²) in [7, 11) is 0. The van der Waals surface area contributed by atoms with Crippen LogP contribution in [0.2, 0.25) is 0 Å². The zero-order chi connectivity index (χ0) is 23.8. The fraction of sp³-hybridized carbons (Fsp3) is 0.276. The Morgan fingerprint density at radius 2 is 1.61 bits per heavy atom. The first-order valence-corrected chi connectivity index (χ1v) is 11.4. The number of aliphatic hydroxyl groups excluding tert-OH is 1. The molecule has 1 N–H and O–H groups in total. The van der Waals surface area contributed by atoms with Gasteiger partial charge >= 0.3 is 5.97 Å². The lowest BCUT2D eigenvalue weighted by Crippen LogP contribution is -2.06. The molecule has 33 heavy (non-hydrogen) atoms. The maximum absolute atomic E-state index is 15.1. The van der Waals surface area contributed by atoms with Crippen LogP contribution in [0, 0.1) is 5.82 Å². The van der Waals surface area contributed by atoms with Crippen LogP contribution < -0.4 is 0 Å². The molecular weight excluding hydrogens is 415 g/mol. The van der Waals surface area contributed by atoms with Crippen molar-refractivity contribution in [3.05, 3.63) is 95.3 Å². The number of aryl methyl sites for hydroxylation is 1. The lowest BCUT2D eigenvalue weighted by molar-refractivity contribution is -0.140. The molecule has 0 bridgehead atoms. The molecule has 0 atom stereocenters. The van der Waals surface area contributed by atoms with Crippen LogP contribution in [0.5, 0.6) is 0 Å². The van der Waals surface area contributed by atoms with E-state index < -0.39 is 5.97 Å². The molecule has 4 heteroatoms. The molecule has 0 saturated carbocycles. The number of rotatable bonds is 10. The van der Waals surface area contributed by atoms with Crippen LogP contribution in [0.15, 0.2) is 72.8 Å². The Kier molecular flexibility index (Phi) is 8.56. The van der Waals surface area contributed by atoms with Crippen LogP contribution in [0.1, 0.15) is 49.8 Å². The Balaban J connectivity index is 1.96. The van der Waals surface area contributed by atoms with Gasteiger partial charge in [0.05, 0.1) is 6.61 Å². The van der Waals surface area contributed by atoms with E-state index in [1.54, 1.807) is 13.0 Å². The predicted molar refractivity (Wildman–Crippen MR) is 131 cm³/mol. The first-order valence-electron chi connectivity index (χ1n) is 11.4. The number of benzene rings is 3. The summed E-state index contributed by atoms with van der Waals surface area (Å²) in [6, 6.07) is 18.7. The average molecular weight is 447 g/mol. The van der Waals surface area contributed by atoms with E-state index in [-0.39, 0.29) is 19.0 Å². The van der Waals surface area contributed by atoms with Gasteiger partial charge in [-0.25, -0.2) is 9.18 Å². The Labute approximate surface area is 195 Å². The molecule has 172 valence electrons. The Bertz CT molecular complexity index is 1120. The van der Waals surface area contributed by atoms with Crippen molar-refractivity contribution in [2.24, 2.45) is 0 Å². The Morgan fingerprint density at radius 3 is 2.24 bits per heavy atom. The van der Waals surface area contributed by atoms with Crippen LogP contribution in [-0.2, 0) is 29.2 Å². The van der Waals surface area contributed by atoms with E-state index in [0.29, 0.717) is 22.3 Å². The highest BCUT2D eigenvalue weighted by molar-refractivity contribution is 5.87. The molecular formula is C29H31FO3. The van der Waals surface area contributed by atoms with Crippen molar-refractivity contribution in [3.8, 4) is 22.3 Å². The quantitative estimate of drug-likeness (QED) is 0.207. The van der Waals surface area contributed by atoms with Crippen LogP contribution in [0.25, 0.3) is 22.3 Å². The number of unbranched alkanes of at least 4 members (excludes halogenated alkanes) is 2. The molecule has 3 aromatic rings. The molecule has 3 rings (SSSR count). The summed E-state index contributed by atoms with van der Waals surface area (Å²) in [6.45, 7) is 7.37. The first kappa shape index (κ1) is 24.4. The third-order valence-electron chi connectivity index (χ3n) is 5.67. The molecule has 3 nitrogen and oxygen atoms in total. The second kappa shape index (κ2) is 11.6. The highest BCUT2D eigenvalue weighted by atomic mass is 19.1. The molecule has 0 amide bonds. The van der Waals surface area contributed by atoms with Gasteiger partial charge in [0.1, 0.15) is 12.4 Å². The minimum absolute atomic E-state index is 0.0152. The van der Waals surface area contributed by atoms with Crippen molar-refractivity contribution >= 4 is 5.97 Å². The van der Waals surface area contributed by atoms with E-state index in [4.69, 9.17) is 4.74 Å². The summed E-state index contributed by atoms with van der Waals surface area (Å²) in [5, 5.41) is 9.29. The van der Waals surface area contributed by atoms with Crippen LogP contribution >= 0.6 is 0 Å². The summed E-state index contributed by atoms with van der Waals surface area (Å²) in [4.78, 5) is 12.0. The fourth-order valence-electron chi connectivity index (χ4n) is 3.74. The average Bonchev–Trinajstić information content (AvgIpc) is 2.83. The van der Waals surface area contributed by atoms with Crippen molar-refractivity contribution in [3.63, 3.8) is 0 Å². The van der Waals surface area contributed by atoms with E-state index in [9.17, 15) is 9.90 Å². The molecule has 0 spiro atoms. The normalized spacial score (nSPS) is 10.8. The van der Waals surface area contributed by atoms with Crippen molar-refractivity contribution in [1.29, 1.82) is 0 Å². The molecule has 0 unspecified atom stereocenters. The Morgan fingerprint density at radius 1 is 0.939 bits per heavy atom. The molecule has 0 heterocycles. The van der Waals surface area contributed by atoms with Crippen LogP contribution in [-0.4, -0.2) is 11.1 Å². The van der Waals surface area contributed by atoms with Gasteiger partial charge in [-0.05, 0) is 65.3 Å². The number of hydrogen-bond donors (Lipinski definition) is 1. The van der Waals surface area contributed by atoms with Crippen LogP contribution in [0.3, 0.4) is 0 Å². The van der Waals surface area contributed by atoms with Gasteiger partial charge in [0.15, 0.2) is 0 Å². The summed E-state index contributed by atoms with van der Waals surface area (Å²) in [5.41, 5.74) is 5.89. The van der Waals surface area contributed by atoms with E-state index in [1.165, 1.54) is 0 Å². The van der Waals surface area contributed by atoms with Crippen LogP contribution in [0.4, 0.5) is 4.39 Å². The minimum atomic E-state index is -0.481. The van der Waals surface area contributed by atoms with Gasteiger partial charge < -0.3 is 9.84 Å². The van der Waals surface area contributed by atoms with E-state index in [1.807, 2.05) is 54.6 Å². The smallest absolute Gasteiger partial charge is 0.333 e. The number of carbonyl (C=O) groups is 1. The molecule has 0 saturated heterocycles. The summed E-state index contributed by atoms with van der Waals surface area (Å²) in [5.74, 6) is -0.762. The van der Waals surface area contributed by atoms with Crippen molar-refractivity contribution in [2.75, 3.05) is 0 Å². The lowest BCUT2D eigenvalue weighted by atomic mass is 9.93. The van der Waals surface area contributed by atoms with E-state index in [2.05, 4.69) is 13.5 Å². The van der Waals surface area contributed by atoms with Gasteiger partial charge in [0.25, 0.3) is 0 Å². The van der Waals surface area contributed by atoms with Crippen molar-refractivity contribution in [1.82, 2.24) is 0 Å². The number of ether oxygens (including phenoxy) is 1. The second-order valence-electron chi connectivity index (χ2n) is 8.35. The van der Waals surface area contributed by atoms with Gasteiger partial charge in [0.2, 0.25) is 0 Å². The zero-order valence-corrected chi connectivity index (χ0v) is 19.4. The van der Waals surface area contributed by atoms with Crippen molar-refractivity contribution < 1.29 is 19.0 Å². The topological polar surface area (TPSA) is 46.5 Å². The maximum atomic E-state index is 15.1. The van der Waals surface area contributed by atoms with Gasteiger partial charge in [-0.15, -0.1) is 0 Å². The van der Waals surface area contributed by atoms with Gasteiger partial charge in [-0.1, -0.05) is 74.9 Å². The second-order valence-corrected chi connectivity index (χ2v) is 8.35. The van der Waals surface area contributed by atoms with E-state index in [0.717, 1.165) is 47.9 Å². The number of carbonyl (C=O) groups excluding carboxylic acids is 1. The number of hydrogen-bond acceptors (Lipinski definition) is 3. The molecule has 0 aromatic heterocycles. The molecule has 0 fully saturated rings. The third kappa shape index (κ3) is 6.39. The molecule has 0 radical (unpaired) electrons. The molecule has 0 aliphatic heterocycles. The summed E-state index contributed by atoms with van der Waals surface area (Å²) >= 11 is 0. The SMILES string of the molecule is C=C(C)C(=O)OCc1cc(-c2ccc(CO)cc2)ccc1-c1ccc(CCCCC)cc1F. The van der Waals surface area contributed by atoms with Crippen molar-refractivity contribution in [2.45, 2.75) is 52.7 Å². The monoisotopic (exact) mass is 446 g/mol. The number of aliphatic hydroxyl groups is 1. The minimum Gasteiger partial charge on any atom is -0.457 e. The third-order valence-corrected chi connectivity index (χ3v) is 5.67. The standard InChI is InChI=1S/C29H31FO3/c1-4-5-6-7-21-10-14-27(28(30)16-21)26-15-13-24(23-11-8-22(18-31)9-12-23)17-25(26)19-33-29(32)20(2)3/h8-17,31H,2,4-7,18-19H2,1,3H3. The first-order chi connectivity index (χ1) is 15.9. The highest BCUT2D eigenvalue weighted by Crippen LogP contribution is 2.32. The predicted octanol–water partition coefficient (Wildman–Crippen LogP) is 7.00. The molecule has 3 aromatic carbocycles. The summed E-state index contributed by atoms with van der Waals surface area (Å²) in [6.07, 6.45) is 4.16. The lowest BCUT2D eigenvalue weighted by Gasteiger charge is -2.15. The number of halogens is 1. The molecule has 0 aliphatic carbocycles. The zero-order valence-electron chi connectivity index (χ0n) is 19.4. The van der Waals surface area contributed by atoms with Gasteiger partial charge in [0, 0.05) is 11.1 Å². The molecule has 0 aliphatic rings. The largest absolute Gasteiger partial charge is 0.457 e. The van der Waals surface area contributed by atoms with Gasteiger partial charge in [-0.2, -0.15) is 0 Å². The summed E-state index contributed by atoms with van der Waals surface area (Å²) < 4.78 is 20.5. The maximum Gasteiger partial charge on any atom is 0.333 e. The Hall–Kier alpha value is -3.24. The van der Waals surface area contributed by atoms with Gasteiger partial charge in [-0.3, -0.25) is 0 Å². The van der Waals surface area contributed by atoms with E-state index >= 15 is 4.39 Å².